The molecule has 4 rings (SSSR count). The number of urea groups is 1. The second-order valence-corrected chi connectivity index (χ2v) is 8.09. The van der Waals surface area contributed by atoms with Crippen molar-refractivity contribution < 1.29 is 19.2 Å². The Morgan fingerprint density at radius 3 is 1.94 bits per heavy atom. The molecule has 0 unspecified atom stereocenters. The van der Waals surface area contributed by atoms with Crippen LogP contribution < -0.4 is 10.6 Å². The molecular formula is C24H26N4O4. The predicted octanol–water partition coefficient (Wildman–Crippen LogP) is 2.15. The normalized spacial score (nSPS) is 20.5. The number of carbonyl (C=O) groups is 4. The Morgan fingerprint density at radius 1 is 0.781 bits per heavy atom. The summed E-state index contributed by atoms with van der Waals surface area (Å²) >= 11 is 0. The molecule has 32 heavy (non-hydrogen) atoms. The lowest BCUT2D eigenvalue weighted by Gasteiger charge is -2.27. The lowest BCUT2D eigenvalue weighted by molar-refractivity contribution is -0.135. The lowest BCUT2D eigenvalue weighted by atomic mass is 10.1. The summed E-state index contributed by atoms with van der Waals surface area (Å²) in [5.41, 5.74) is 1.89. The fourth-order valence-electron chi connectivity index (χ4n) is 4.23. The Hall–Kier alpha value is -3.68. The molecule has 0 saturated carbocycles. The van der Waals surface area contributed by atoms with Crippen molar-refractivity contribution in [3.05, 3.63) is 71.8 Å². The standard InChI is InChI=1S/C24H26N4O4/c29-21-13-11-19(27(21)15-17-7-3-1-4-8-17)23(31)26-24(32)25-20-12-14-22(30)28(20)16-18-9-5-2-6-10-18/h1-10,19-20H,11-16H2,(H2,25,26,31,32)/t19-,20+/m0/s1. The molecule has 2 aliphatic rings. The Bertz CT molecular complexity index is 996. The molecule has 2 atom stereocenters. The van der Waals surface area contributed by atoms with E-state index in [-0.39, 0.29) is 18.2 Å². The van der Waals surface area contributed by atoms with Crippen LogP contribution in [-0.2, 0) is 27.5 Å². The van der Waals surface area contributed by atoms with E-state index < -0.39 is 24.1 Å². The Labute approximate surface area is 186 Å². The maximum absolute atomic E-state index is 12.8. The van der Waals surface area contributed by atoms with E-state index in [2.05, 4.69) is 10.6 Å². The number of carbonyl (C=O) groups excluding carboxylic acids is 4. The summed E-state index contributed by atoms with van der Waals surface area (Å²) in [5.74, 6) is -0.658. The van der Waals surface area contributed by atoms with Crippen LogP contribution in [0.15, 0.2) is 60.7 Å². The number of nitrogens with one attached hydrogen (secondary N) is 2. The molecule has 8 nitrogen and oxygen atoms in total. The van der Waals surface area contributed by atoms with Gasteiger partial charge in [-0.3, -0.25) is 19.7 Å². The van der Waals surface area contributed by atoms with Crippen molar-refractivity contribution in [2.24, 2.45) is 0 Å². The number of hydrogen-bond donors (Lipinski definition) is 2. The summed E-state index contributed by atoms with van der Waals surface area (Å²) in [7, 11) is 0. The van der Waals surface area contributed by atoms with Gasteiger partial charge in [0.25, 0.3) is 5.91 Å². The first-order valence-corrected chi connectivity index (χ1v) is 10.8. The number of hydrogen-bond acceptors (Lipinski definition) is 4. The van der Waals surface area contributed by atoms with Gasteiger partial charge in [-0.05, 0) is 24.0 Å². The van der Waals surface area contributed by atoms with Crippen LogP contribution in [0.25, 0.3) is 0 Å². The summed E-state index contributed by atoms with van der Waals surface area (Å²) in [6.07, 6.45) is 0.978. The van der Waals surface area contributed by atoms with Crippen LogP contribution in [0.1, 0.15) is 36.8 Å². The maximum Gasteiger partial charge on any atom is 0.323 e. The molecule has 0 aromatic heterocycles. The molecule has 0 radical (unpaired) electrons. The summed E-state index contributed by atoms with van der Waals surface area (Å²) in [5, 5.41) is 5.10. The largest absolute Gasteiger partial charge is 0.326 e. The second-order valence-electron chi connectivity index (χ2n) is 8.09. The third kappa shape index (κ3) is 4.96. The lowest BCUT2D eigenvalue weighted by Crippen LogP contribution is -2.53. The van der Waals surface area contributed by atoms with Gasteiger partial charge in [-0.15, -0.1) is 0 Å². The highest BCUT2D eigenvalue weighted by Gasteiger charge is 2.37. The number of amides is 5. The number of imide groups is 1. The van der Waals surface area contributed by atoms with Crippen LogP contribution in [0.5, 0.6) is 0 Å². The quantitative estimate of drug-likeness (QED) is 0.728. The Morgan fingerprint density at radius 2 is 1.31 bits per heavy atom. The average Bonchev–Trinajstić information content (AvgIpc) is 3.32. The first-order valence-electron chi connectivity index (χ1n) is 10.8. The molecule has 166 valence electrons. The van der Waals surface area contributed by atoms with Gasteiger partial charge in [0.2, 0.25) is 11.8 Å². The Balaban J connectivity index is 1.35. The Kier molecular flexibility index (Phi) is 6.49. The maximum atomic E-state index is 12.8. The van der Waals surface area contributed by atoms with Crippen LogP contribution in [-0.4, -0.2) is 45.8 Å². The summed E-state index contributed by atoms with van der Waals surface area (Å²) in [4.78, 5) is 53.0. The van der Waals surface area contributed by atoms with E-state index in [1.807, 2.05) is 60.7 Å². The highest BCUT2D eigenvalue weighted by molar-refractivity contribution is 6.00. The van der Waals surface area contributed by atoms with Crippen molar-refractivity contribution in [2.45, 2.75) is 51.0 Å². The van der Waals surface area contributed by atoms with Crippen molar-refractivity contribution in [2.75, 3.05) is 0 Å². The van der Waals surface area contributed by atoms with E-state index in [0.29, 0.717) is 32.4 Å². The van der Waals surface area contributed by atoms with Gasteiger partial charge in [0.1, 0.15) is 12.2 Å². The van der Waals surface area contributed by atoms with Crippen molar-refractivity contribution in [3.63, 3.8) is 0 Å². The smallest absolute Gasteiger partial charge is 0.323 e. The number of rotatable bonds is 6. The fourth-order valence-corrected chi connectivity index (χ4v) is 4.23. The van der Waals surface area contributed by atoms with E-state index in [1.165, 1.54) is 4.90 Å². The van der Waals surface area contributed by atoms with Crippen molar-refractivity contribution in [1.29, 1.82) is 0 Å². The second kappa shape index (κ2) is 9.64. The van der Waals surface area contributed by atoms with Gasteiger partial charge in [-0.25, -0.2) is 4.79 Å². The molecule has 0 bridgehead atoms. The van der Waals surface area contributed by atoms with E-state index in [4.69, 9.17) is 0 Å². The minimum Gasteiger partial charge on any atom is -0.326 e. The van der Waals surface area contributed by atoms with Gasteiger partial charge < -0.3 is 15.1 Å². The molecular weight excluding hydrogens is 408 g/mol. The van der Waals surface area contributed by atoms with Gasteiger partial charge in [0, 0.05) is 25.9 Å². The van der Waals surface area contributed by atoms with E-state index >= 15 is 0 Å². The van der Waals surface area contributed by atoms with E-state index in [9.17, 15) is 19.2 Å². The molecule has 0 aliphatic carbocycles. The van der Waals surface area contributed by atoms with Crippen LogP contribution in [0.2, 0.25) is 0 Å². The molecule has 2 aliphatic heterocycles. The minimum absolute atomic E-state index is 0.0408. The van der Waals surface area contributed by atoms with Gasteiger partial charge in [-0.1, -0.05) is 60.7 Å². The third-order valence-corrected chi connectivity index (χ3v) is 5.88. The molecule has 2 saturated heterocycles. The number of likely N-dealkylation sites (tertiary alicyclic amines) is 2. The monoisotopic (exact) mass is 434 g/mol. The molecule has 2 fully saturated rings. The summed E-state index contributed by atoms with van der Waals surface area (Å²) in [6, 6.07) is 17.6. The summed E-state index contributed by atoms with van der Waals surface area (Å²) < 4.78 is 0. The van der Waals surface area contributed by atoms with Gasteiger partial charge in [0.05, 0.1) is 0 Å². The van der Waals surface area contributed by atoms with Crippen LogP contribution in [0.4, 0.5) is 4.79 Å². The topological polar surface area (TPSA) is 98.8 Å². The van der Waals surface area contributed by atoms with E-state index in [0.717, 1.165) is 11.1 Å². The van der Waals surface area contributed by atoms with Crippen LogP contribution >= 0.6 is 0 Å². The van der Waals surface area contributed by atoms with Gasteiger partial charge >= 0.3 is 6.03 Å². The summed E-state index contributed by atoms with van der Waals surface area (Å²) in [6.45, 7) is 0.710. The minimum atomic E-state index is -0.695. The number of nitrogens with zero attached hydrogens (tertiary/aromatic N) is 2. The van der Waals surface area contributed by atoms with Crippen molar-refractivity contribution in [1.82, 2.24) is 20.4 Å². The molecule has 2 aromatic rings. The van der Waals surface area contributed by atoms with E-state index in [1.54, 1.807) is 4.90 Å². The average molecular weight is 434 g/mol. The fraction of sp³-hybridized carbons (Fsp3) is 0.333. The zero-order chi connectivity index (χ0) is 22.5. The first-order chi connectivity index (χ1) is 15.5. The molecule has 2 N–H and O–H groups in total. The van der Waals surface area contributed by atoms with Gasteiger partial charge in [0.15, 0.2) is 0 Å². The van der Waals surface area contributed by atoms with Crippen molar-refractivity contribution >= 4 is 23.8 Å². The highest BCUT2D eigenvalue weighted by Crippen LogP contribution is 2.22. The molecule has 2 heterocycles. The third-order valence-electron chi connectivity index (χ3n) is 5.88. The van der Waals surface area contributed by atoms with Crippen molar-refractivity contribution in [3.8, 4) is 0 Å². The predicted molar refractivity (Wildman–Crippen MR) is 117 cm³/mol. The highest BCUT2D eigenvalue weighted by atomic mass is 16.2. The molecule has 8 heteroatoms. The zero-order valence-corrected chi connectivity index (χ0v) is 17.7. The van der Waals surface area contributed by atoms with Crippen LogP contribution in [0.3, 0.4) is 0 Å². The molecule has 5 amide bonds. The molecule has 2 aromatic carbocycles. The SMILES string of the molecule is O=C(NC(=O)[C@@H]1CCC(=O)N1Cc1ccccc1)N[C@H]1CCC(=O)N1Cc1ccccc1. The molecule has 0 spiro atoms. The first kappa shape index (κ1) is 21.5. The number of benzene rings is 2. The zero-order valence-electron chi connectivity index (χ0n) is 17.7. The van der Waals surface area contributed by atoms with Crippen LogP contribution in [0, 0.1) is 0 Å². The van der Waals surface area contributed by atoms with Gasteiger partial charge in [-0.2, -0.15) is 0 Å².